The number of unbranched alkanes of at least 4 members (excludes halogenated alkanes) is 1. The van der Waals surface area contributed by atoms with E-state index in [4.69, 9.17) is 14.9 Å². The van der Waals surface area contributed by atoms with Crippen molar-refractivity contribution in [3.05, 3.63) is 96.6 Å². The number of carbonyl (C=O) groups excluding carboxylic acids is 8. The van der Waals surface area contributed by atoms with Gasteiger partial charge in [0.25, 0.3) is 8.32 Å². The topological polar surface area (TPSA) is 301 Å². The van der Waals surface area contributed by atoms with Crippen molar-refractivity contribution < 1.29 is 57.2 Å². The molecule has 0 aromatic heterocycles. The molecule has 80 heavy (non-hydrogen) atoms. The number of nitrogens with two attached hydrogens (primary N) is 1. The highest BCUT2D eigenvalue weighted by molar-refractivity contribution is 6.99. The van der Waals surface area contributed by atoms with Crippen molar-refractivity contribution in [2.75, 3.05) is 33.4 Å². The predicted molar refractivity (Wildman–Crippen MR) is 306 cm³/mol. The summed E-state index contributed by atoms with van der Waals surface area (Å²) in [5.41, 5.74) is 6.14. The molecule has 0 unspecified atom stereocenters. The molecule has 3 aromatic carbocycles. The van der Waals surface area contributed by atoms with Crippen LogP contribution in [0.3, 0.4) is 0 Å². The lowest BCUT2D eigenvalue weighted by Gasteiger charge is -2.44. The van der Waals surface area contributed by atoms with E-state index in [0.29, 0.717) is 31.6 Å². The fraction of sp³-hybridized carbons (Fsp3) is 0.534. The number of ether oxygens (including phenoxy) is 1. The second-order valence-electron chi connectivity index (χ2n) is 22.3. The van der Waals surface area contributed by atoms with Crippen molar-refractivity contribution >= 4 is 72.0 Å². The number of amides is 7. The van der Waals surface area contributed by atoms with Crippen molar-refractivity contribution in [2.24, 2.45) is 11.7 Å². The van der Waals surface area contributed by atoms with Gasteiger partial charge in [-0.05, 0) is 60.0 Å². The Labute approximate surface area is 471 Å². The highest BCUT2D eigenvalue weighted by atomic mass is 28.4. The summed E-state index contributed by atoms with van der Waals surface area (Å²) in [6, 6.07) is 23.3. The maximum Gasteiger partial charge on any atom is 0.346 e. The maximum atomic E-state index is 13.8. The molecule has 5 rings (SSSR count). The fourth-order valence-corrected chi connectivity index (χ4v) is 14.7. The smallest absolute Gasteiger partial charge is 0.346 e. The fourth-order valence-electron chi connectivity index (χ4n) is 10.0. The van der Waals surface area contributed by atoms with Crippen LogP contribution < -0.4 is 58.6 Å². The van der Waals surface area contributed by atoms with Crippen molar-refractivity contribution in [1.82, 2.24) is 42.5 Å². The normalized spacial score (nSPS) is 17.5. The zero-order valence-electron chi connectivity index (χ0n) is 47.6. The summed E-state index contributed by atoms with van der Waals surface area (Å²) in [6.07, 6.45) is 0.741. The summed E-state index contributed by atoms with van der Waals surface area (Å²) in [5.74, 6) is -5.09. The van der Waals surface area contributed by atoms with Gasteiger partial charge in [-0.25, -0.2) is 4.79 Å². The van der Waals surface area contributed by atoms with E-state index in [9.17, 15) is 43.5 Å². The summed E-state index contributed by atoms with van der Waals surface area (Å²) in [6.45, 7) is 15.7. The number of hydrogen-bond acceptors (Lipinski definition) is 13. The van der Waals surface area contributed by atoms with E-state index < -0.39 is 92.5 Å². The zero-order valence-corrected chi connectivity index (χ0v) is 48.6. The van der Waals surface area contributed by atoms with Crippen LogP contribution in [-0.4, -0.2) is 153 Å². The minimum Gasteiger partial charge on any atom is -0.467 e. The minimum absolute atomic E-state index is 0.0145. The molecule has 0 bridgehead atoms. The Kier molecular flexibility index (Phi) is 24.2. The van der Waals surface area contributed by atoms with Gasteiger partial charge < -0.3 is 51.9 Å². The summed E-state index contributed by atoms with van der Waals surface area (Å²) < 4.78 is 14.4. The highest BCUT2D eigenvalue weighted by Gasteiger charge is 2.51. The average Bonchev–Trinajstić information content (AvgIpc) is 3.47. The van der Waals surface area contributed by atoms with Crippen LogP contribution in [-0.2, 0) is 53.9 Å². The highest BCUT2D eigenvalue weighted by Crippen LogP contribution is 2.37. The van der Waals surface area contributed by atoms with Crippen molar-refractivity contribution in [2.45, 2.75) is 160 Å². The van der Waals surface area contributed by atoms with Crippen LogP contribution in [0, 0.1) is 5.92 Å². The number of guanidine groups is 1. The summed E-state index contributed by atoms with van der Waals surface area (Å²) in [7, 11) is -1.56. The van der Waals surface area contributed by atoms with E-state index in [2.05, 4.69) is 116 Å². The summed E-state index contributed by atoms with van der Waals surface area (Å²) >= 11 is 0. The second-order valence-corrected chi connectivity index (χ2v) is 26.6. The van der Waals surface area contributed by atoms with Crippen molar-refractivity contribution in [3.63, 3.8) is 0 Å². The first-order valence-electron chi connectivity index (χ1n) is 27.8. The van der Waals surface area contributed by atoms with Crippen LogP contribution in [0.5, 0.6) is 0 Å². The van der Waals surface area contributed by atoms with Crippen molar-refractivity contribution in [3.8, 4) is 0 Å². The SMILES string of the molecule is COC(=O)[C@H](Cc1ccccc1)NC(=O)[C@H](CC(N)=O)NC(=O)[C@H](CC(C)C)NC(=O)[C@@H](NC(=O)[C@H](C)NC(=O)CCCCC(=O)NC[C@@H]1CC[N+]2=C(N1)N[C@H](CO[Si](c1ccccc1)(c1ccccc1)C(C)(C)C)CC2)[C@@H](C)O. The molecule has 21 nitrogen and oxygen atoms in total. The van der Waals surface area contributed by atoms with E-state index in [1.165, 1.54) is 24.2 Å². The second kappa shape index (κ2) is 30.4. The molecule has 2 aliphatic heterocycles. The molecule has 0 saturated heterocycles. The third-order valence-corrected chi connectivity index (χ3v) is 19.3. The number of primary amides is 1. The lowest BCUT2D eigenvalue weighted by molar-refractivity contribution is -0.542. The number of aliphatic hydroxyl groups excluding tert-OH is 1. The Morgan fingerprint density at radius 2 is 1.21 bits per heavy atom. The Balaban J connectivity index is 1.05. The molecule has 2 heterocycles. The van der Waals surface area contributed by atoms with Gasteiger partial charge in [0, 0.05) is 32.1 Å². The molecule has 0 saturated carbocycles. The molecule has 0 fully saturated rings. The third kappa shape index (κ3) is 18.7. The monoisotopic (exact) mass is 1130 g/mol. The molecule has 8 atom stereocenters. The van der Waals surface area contributed by atoms with E-state index in [1.807, 2.05) is 12.1 Å². The van der Waals surface area contributed by atoms with Crippen LogP contribution in [0.4, 0.5) is 0 Å². The van der Waals surface area contributed by atoms with E-state index in [1.54, 1.807) is 44.2 Å². The molecular weight excluding hydrogens is 1040 g/mol. The van der Waals surface area contributed by atoms with E-state index in [-0.39, 0.29) is 54.6 Å². The number of nitrogens with zero attached hydrogens (tertiary/aromatic N) is 1. The van der Waals surface area contributed by atoms with Crippen LogP contribution in [0.25, 0.3) is 0 Å². The van der Waals surface area contributed by atoms with Gasteiger partial charge in [0.2, 0.25) is 41.4 Å². The lowest BCUT2D eigenvalue weighted by atomic mass is 10.0. The average molecular weight is 1130 g/mol. The maximum absolute atomic E-state index is 13.8. The number of nitrogens with one attached hydrogen (secondary N) is 8. The number of hydrogen-bond donors (Lipinski definition) is 10. The third-order valence-electron chi connectivity index (χ3n) is 14.3. The Morgan fingerprint density at radius 1 is 0.688 bits per heavy atom. The lowest BCUT2D eigenvalue weighted by Crippen LogP contribution is -2.68. The molecule has 2 aliphatic rings. The first kappa shape index (κ1) is 63.7. The molecule has 436 valence electrons. The number of esters is 1. The van der Waals surface area contributed by atoms with Crippen LogP contribution >= 0.6 is 0 Å². The molecule has 22 heteroatoms. The van der Waals surface area contributed by atoms with Gasteiger partial charge in [0.05, 0.1) is 58.0 Å². The minimum atomic E-state index is -2.71. The number of aliphatic hydroxyl groups is 1. The predicted octanol–water partition coefficient (Wildman–Crippen LogP) is 0.494. The van der Waals surface area contributed by atoms with Crippen LogP contribution in [0.1, 0.15) is 105 Å². The van der Waals surface area contributed by atoms with Crippen molar-refractivity contribution in [1.29, 1.82) is 0 Å². The van der Waals surface area contributed by atoms with Gasteiger partial charge in [0.1, 0.15) is 30.2 Å². The van der Waals surface area contributed by atoms with Gasteiger partial charge in [0.15, 0.2) is 0 Å². The first-order valence-corrected chi connectivity index (χ1v) is 29.7. The quantitative estimate of drug-likeness (QED) is 0.0196. The molecule has 7 amide bonds. The Morgan fingerprint density at radius 3 is 1.76 bits per heavy atom. The number of carbonyl (C=O) groups is 8. The standard InChI is InChI=1S/C58H84N10O11Si/c1-37(2)32-45(53(74)64-46(34-48(59)70)54(75)66-47(56(77)78-8)33-40-20-12-9-13-21-40)65-55(76)51(39(4)69)67-52(73)38(3)61-50(72)27-19-18-26-49(71)60-35-41-28-30-68-31-29-42(63-57(68)62-41)36-79-80(58(5,6)7,43-22-14-10-15-23-43)44-24-16-11-17-25-44/h9-17,20-25,37-39,41-42,45-47,51,69H,18-19,26-36H2,1-8H3,(H9,59,60,61,62,63,64,65,66,67,70,71,72,73,74,75,76)/p+1/t38-,39+,41-,42-,45-,46-,47-,51-/m0/s1. The van der Waals surface area contributed by atoms with E-state index in [0.717, 1.165) is 39.0 Å². The molecular formula is C58H85N10O11Si+. The van der Waals surface area contributed by atoms with Gasteiger partial charge in [-0.3, -0.25) is 48.8 Å². The summed E-state index contributed by atoms with van der Waals surface area (Å²) in [4.78, 5) is 105. The molecule has 0 spiro atoms. The number of rotatable bonds is 29. The first-order chi connectivity index (χ1) is 38.0. The van der Waals surface area contributed by atoms with Gasteiger partial charge >= 0.3 is 11.9 Å². The largest absolute Gasteiger partial charge is 0.467 e. The molecule has 0 radical (unpaired) electrons. The van der Waals surface area contributed by atoms with Gasteiger partial charge in [-0.1, -0.05) is 126 Å². The molecule has 3 aromatic rings. The summed E-state index contributed by atoms with van der Waals surface area (Å²) in [5, 5.41) is 35.9. The van der Waals surface area contributed by atoms with Crippen LogP contribution in [0.15, 0.2) is 91.0 Å². The van der Waals surface area contributed by atoms with Gasteiger partial charge in [-0.15, -0.1) is 0 Å². The van der Waals surface area contributed by atoms with Gasteiger partial charge in [-0.2, -0.15) is 0 Å². The number of benzene rings is 3. The Hall–Kier alpha value is -7.17. The molecule has 0 aliphatic carbocycles. The Bertz CT molecular complexity index is 2560. The molecule has 11 N–H and O–H groups in total. The van der Waals surface area contributed by atoms with E-state index >= 15 is 0 Å². The van der Waals surface area contributed by atoms with Crippen LogP contribution in [0.2, 0.25) is 5.04 Å². The number of methoxy groups -OCH3 is 1. The zero-order chi connectivity index (χ0) is 58.6.